The number of ether oxygens (including phenoxy) is 1. The molecule has 0 aliphatic heterocycles. The second-order valence-electron chi connectivity index (χ2n) is 10.3. The minimum Gasteiger partial charge on any atom is -0.481 e. The van der Waals surface area contributed by atoms with Crippen LogP contribution in [0.4, 0.5) is 23.7 Å². The van der Waals surface area contributed by atoms with Crippen molar-refractivity contribution >= 4 is 29.5 Å². The average Bonchev–Trinajstić information content (AvgIpc) is 2.97. The monoisotopic (exact) mass is 606 g/mol. The van der Waals surface area contributed by atoms with E-state index < -0.39 is 36.1 Å². The lowest BCUT2D eigenvalue weighted by Gasteiger charge is -2.35. The number of rotatable bonds is 12. The molecule has 3 rings (SSSR count). The zero-order valence-corrected chi connectivity index (χ0v) is 24.1. The number of alkyl halides is 3. The predicted octanol–water partition coefficient (Wildman–Crippen LogP) is 5.33. The fourth-order valence-corrected chi connectivity index (χ4v) is 5.24. The van der Waals surface area contributed by atoms with Crippen LogP contribution >= 0.6 is 0 Å². The Kier molecular flexibility index (Phi) is 11.8. The summed E-state index contributed by atoms with van der Waals surface area (Å²) < 4.78 is 41.3. The highest BCUT2D eigenvalue weighted by Crippen LogP contribution is 2.38. The molecule has 1 aliphatic carbocycles. The molecule has 4 N–H and O–H groups in total. The Labute approximate surface area is 248 Å². The van der Waals surface area contributed by atoms with Gasteiger partial charge in [-0.15, -0.1) is 13.2 Å². The number of amides is 4. The van der Waals surface area contributed by atoms with E-state index in [1.807, 2.05) is 18.7 Å². The molecular weight excluding hydrogens is 569 g/mol. The van der Waals surface area contributed by atoms with Gasteiger partial charge in [0.1, 0.15) is 5.75 Å². The zero-order chi connectivity index (χ0) is 31.6. The van der Waals surface area contributed by atoms with Gasteiger partial charge >= 0.3 is 18.4 Å². The van der Waals surface area contributed by atoms with Crippen LogP contribution in [0.5, 0.6) is 5.75 Å². The topological polar surface area (TPSA) is 137 Å². The molecule has 0 spiro atoms. The van der Waals surface area contributed by atoms with E-state index in [9.17, 15) is 32.3 Å². The van der Waals surface area contributed by atoms with Gasteiger partial charge in [-0.05, 0) is 87.4 Å². The van der Waals surface area contributed by atoms with Crippen LogP contribution in [-0.2, 0) is 9.59 Å². The number of anilines is 1. The fourth-order valence-electron chi connectivity index (χ4n) is 5.24. The third-order valence-electron chi connectivity index (χ3n) is 7.46. The molecular formula is C30H37F3N4O6. The lowest BCUT2D eigenvalue weighted by molar-refractivity contribution is -0.274. The van der Waals surface area contributed by atoms with E-state index in [-0.39, 0.29) is 36.4 Å². The minimum atomic E-state index is -4.83. The third-order valence-corrected chi connectivity index (χ3v) is 7.46. The van der Waals surface area contributed by atoms with Gasteiger partial charge in [0.2, 0.25) is 5.91 Å². The van der Waals surface area contributed by atoms with E-state index in [0.717, 1.165) is 17.7 Å². The highest BCUT2D eigenvalue weighted by atomic mass is 19.4. The molecule has 1 atom stereocenters. The van der Waals surface area contributed by atoms with E-state index in [2.05, 4.69) is 20.7 Å². The van der Waals surface area contributed by atoms with Crippen LogP contribution < -0.4 is 20.7 Å². The van der Waals surface area contributed by atoms with Gasteiger partial charge in [-0.1, -0.05) is 12.1 Å². The highest BCUT2D eigenvalue weighted by molar-refractivity contribution is 5.94. The zero-order valence-electron chi connectivity index (χ0n) is 24.1. The summed E-state index contributed by atoms with van der Waals surface area (Å²) in [6, 6.07) is 10.3. The summed E-state index contributed by atoms with van der Waals surface area (Å²) in [4.78, 5) is 50.9. The van der Waals surface area contributed by atoms with Crippen LogP contribution in [-0.4, -0.2) is 59.8 Å². The van der Waals surface area contributed by atoms with Crippen LogP contribution in [0.15, 0.2) is 48.5 Å². The molecule has 1 unspecified atom stereocenters. The minimum absolute atomic E-state index is 0.0148. The first-order valence-corrected chi connectivity index (χ1v) is 14.2. The van der Waals surface area contributed by atoms with Crippen molar-refractivity contribution in [3.63, 3.8) is 0 Å². The fraction of sp³-hybridized carbons (Fsp3) is 0.467. The van der Waals surface area contributed by atoms with Gasteiger partial charge in [0.05, 0.1) is 12.5 Å². The van der Waals surface area contributed by atoms with Crippen molar-refractivity contribution in [2.45, 2.75) is 58.4 Å². The Bertz CT molecular complexity index is 1240. The predicted molar refractivity (Wildman–Crippen MR) is 152 cm³/mol. The SMILES string of the molecule is CCN(CC)C(=O)C1CCC(C(NC(=O)Nc2ccc(OC(F)(F)F)cc2)c2ccc(C(=O)NCCC(=O)O)cc2)CC1. The first-order valence-electron chi connectivity index (χ1n) is 14.2. The maximum atomic E-state index is 13.0. The second-order valence-corrected chi connectivity index (χ2v) is 10.3. The van der Waals surface area contributed by atoms with Crippen molar-refractivity contribution < 1.29 is 42.2 Å². The van der Waals surface area contributed by atoms with Crippen LogP contribution in [0, 0.1) is 11.8 Å². The van der Waals surface area contributed by atoms with Crippen LogP contribution in [0.25, 0.3) is 0 Å². The summed E-state index contributed by atoms with van der Waals surface area (Å²) in [7, 11) is 0. The molecule has 1 fully saturated rings. The summed E-state index contributed by atoms with van der Waals surface area (Å²) in [6.07, 6.45) is -2.38. The van der Waals surface area contributed by atoms with E-state index >= 15 is 0 Å². The molecule has 2 aromatic rings. The molecule has 0 heterocycles. The quantitative estimate of drug-likeness (QED) is 0.258. The number of nitrogens with one attached hydrogen (secondary N) is 3. The summed E-state index contributed by atoms with van der Waals surface area (Å²) in [5.41, 5.74) is 1.31. The number of carboxylic acid groups (broad SMARTS) is 1. The van der Waals surface area contributed by atoms with Gasteiger partial charge in [-0.25, -0.2) is 4.79 Å². The maximum Gasteiger partial charge on any atom is 0.573 e. The number of nitrogens with zero attached hydrogens (tertiary/aromatic N) is 1. The van der Waals surface area contributed by atoms with Crippen molar-refractivity contribution in [2.75, 3.05) is 25.0 Å². The number of carboxylic acids is 1. The molecule has 0 aromatic heterocycles. The van der Waals surface area contributed by atoms with Gasteiger partial charge in [0.25, 0.3) is 5.91 Å². The van der Waals surface area contributed by atoms with Crippen LogP contribution in [0.2, 0.25) is 0 Å². The van der Waals surface area contributed by atoms with Crippen LogP contribution in [0.1, 0.15) is 67.9 Å². The Balaban J connectivity index is 1.73. The van der Waals surface area contributed by atoms with Crippen LogP contribution in [0.3, 0.4) is 0 Å². The molecule has 1 saturated carbocycles. The molecule has 0 bridgehead atoms. The molecule has 0 radical (unpaired) electrons. The molecule has 10 nitrogen and oxygen atoms in total. The molecule has 2 aromatic carbocycles. The lowest BCUT2D eigenvalue weighted by atomic mass is 9.76. The number of carbonyl (C=O) groups excluding carboxylic acids is 3. The van der Waals surface area contributed by atoms with E-state index in [1.165, 1.54) is 12.1 Å². The number of hydrogen-bond donors (Lipinski definition) is 4. The maximum absolute atomic E-state index is 13.0. The highest BCUT2D eigenvalue weighted by Gasteiger charge is 2.34. The summed E-state index contributed by atoms with van der Waals surface area (Å²) >= 11 is 0. The molecule has 1 aliphatic rings. The van der Waals surface area contributed by atoms with E-state index in [0.29, 0.717) is 44.3 Å². The largest absolute Gasteiger partial charge is 0.573 e. The number of urea groups is 1. The second kappa shape index (κ2) is 15.3. The number of carbonyl (C=O) groups is 4. The van der Waals surface area contributed by atoms with E-state index in [1.54, 1.807) is 24.3 Å². The van der Waals surface area contributed by atoms with Gasteiger partial charge < -0.3 is 30.7 Å². The molecule has 4 amide bonds. The first kappa shape index (κ1) is 33.2. The number of hydrogen-bond acceptors (Lipinski definition) is 5. The number of halogens is 3. The Morgan fingerprint density at radius 1 is 0.953 bits per heavy atom. The van der Waals surface area contributed by atoms with Gasteiger partial charge in [-0.2, -0.15) is 0 Å². The van der Waals surface area contributed by atoms with Crippen molar-refractivity contribution in [2.24, 2.45) is 11.8 Å². The number of aliphatic carboxylic acids is 1. The van der Waals surface area contributed by atoms with Crippen molar-refractivity contribution in [3.8, 4) is 5.75 Å². The van der Waals surface area contributed by atoms with Gasteiger partial charge in [0, 0.05) is 36.8 Å². The molecule has 43 heavy (non-hydrogen) atoms. The summed E-state index contributed by atoms with van der Waals surface area (Å²) in [5.74, 6) is -1.86. The summed E-state index contributed by atoms with van der Waals surface area (Å²) in [5, 5.41) is 16.9. The lowest BCUT2D eigenvalue weighted by Crippen LogP contribution is -2.41. The summed E-state index contributed by atoms with van der Waals surface area (Å²) in [6.45, 7) is 5.15. The van der Waals surface area contributed by atoms with Crippen molar-refractivity contribution in [3.05, 3.63) is 59.7 Å². The van der Waals surface area contributed by atoms with Crippen molar-refractivity contribution in [1.82, 2.24) is 15.5 Å². The number of benzene rings is 2. The molecule has 13 heteroatoms. The molecule has 0 saturated heterocycles. The first-order chi connectivity index (χ1) is 20.4. The normalized spacial score (nSPS) is 17.3. The Hall–Kier alpha value is -4.29. The average molecular weight is 607 g/mol. The van der Waals surface area contributed by atoms with Gasteiger partial charge in [0.15, 0.2) is 0 Å². The van der Waals surface area contributed by atoms with Gasteiger partial charge in [-0.3, -0.25) is 14.4 Å². The standard InChI is InChI=1S/C30H37F3N4O6/c1-3-37(4-2)28(41)22-11-7-20(8-12-22)26(19-5-9-21(10-6-19)27(40)34-18-17-25(38)39)36-29(42)35-23-13-15-24(16-14-23)43-30(31,32)33/h5-6,9-10,13-16,20,22,26H,3-4,7-8,11-12,17-18H2,1-2H3,(H,34,40)(H,38,39)(H2,35,36,42). The van der Waals surface area contributed by atoms with E-state index in [4.69, 9.17) is 5.11 Å². The Morgan fingerprint density at radius 2 is 1.56 bits per heavy atom. The van der Waals surface area contributed by atoms with Crippen molar-refractivity contribution in [1.29, 1.82) is 0 Å². The smallest absolute Gasteiger partial charge is 0.481 e. The molecule has 234 valence electrons. The Morgan fingerprint density at radius 3 is 2.09 bits per heavy atom. The third kappa shape index (κ3) is 10.2.